The van der Waals surface area contributed by atoms with Gasteiger partial charge >= 0.3 is 0 Å². The Balaban J connectivity index is 2.28. The molecule has 0 saturated heterocycles. The molecule has 0 amide bonds. The molecule has 0 saturated carbocycles. The van der Waals surface area contributed by atoms with Gasteiger partial charge in [-0.05, 0) is 62.8 Å². The van der Waals surface area contributed by atoms with Gasteiger partial charge in [-0.2, -0.15) is 14.9 Å². The third kappa shape index (κ3) is 3.08. The van der Waals surface area contributed by atoms with E-state index in [1.165, 1.54) is 0 Å². The van der Waals surface area contributed by atoms with Crippen LogP contribution in [0.1, 0.15) is 25.2 Å². The quantitative estimate of drug-likeness (QED) is 0.690. The smallest absolute Gasteiger partial charge is 0.216 e. The van der Waals surface area contributed by atoms with E-state index in [4.69, 9.17) is 17.0 Å². The molecule has 19 heavy (non-hydrogen) atoms. The normalized spacial score (nSPS) is 11.6. The molecule has 2 rings (SSSR count). The van der Waals surface area contributed by atoms with E-state index in [0.29, 0.717) is 11.4 Å². The van der Waals surface area contributed by atoms with Crippen LogP contribution >= 0.6 is 12.2 Å². The summed E-state index contributed by atoms with van der Waals surface area (Å²) in [6.07, 6.45) is 0. The fraction of sp³-hybridized carbons (Fsp3) is 0.308. The van der Waals surface area contributed by atoms with E-state index in [9.17, 15) is 0 Å². The van der Waals surface area contributed by atoms with Crippen molar-refractivity contribution in [2.45, 2.75) is 20.8 Å². The fourth-order valence-electron chi connectivity index (χ4n) is 1.65. The predicted molar refractivity (Wildman–Crippen MR) is 77.4 cm³/mol. The standard InChI is InChI=1S/C13H16N4OS/c1-4-18-12-7-5-11(6-8-12)9(2)16-17-10(3)14-15-13(17)19/h5-8H,4H2,1-3H3,(H,15,19)/b16-9+. The predicted octanol–water partition coefficient (Wildman–Crippen LogP) is 2.92. The monoisotopic (exact) mass is 276 g/mol. The number of nitrogens with zero attached hydrogens (tertiary/aromatic N) is 3. The van der Waals surface area contributed by atoms with Crippen LogP contribution in [0, 0.1) is 11.7 Å². The molecular weight excluding hydrogens is 260 g/mol. The van der Waals surface area contributed by atoms with Crippen LogP contribution in [0.15, 0.2) is 29.4 Å². The van der Waals surface area contributed by atoms with E-state index in [0.717, 1.165) is 22.8 Å². The summed E-state index contributed by atoms with van der Waals surface area (Å²) in [5.74, 6) is 1.59. The van der Waals surface area contributed by atoms with Crippen molar-refractivity contribution in [3.8, 4) is 5.75 Å². The van der Waals surface area contributed by atoms with Gasteiger partial charge < -0.3 is 4.74 Å². The molecule has 0 aliphatic heterocycles. The highest BCUT2D eigenvalue weighted by molar-refractivity contribution is 7.71. The Labute approximate surface area is 116 Å². The summed E-state index contributed by atoms with van der Waals surface area (Å²) >= 11 is 5.11. The molecule has 0 fully saturated rings. The van der Waals surface area contributed by atoms with Crippen LogP contribution in [0.3, 0.4) is 0 Å². The number of H-pyrrole nitrogens is 1. The number of hydrogen-bond acceptors (Lipinski definition) is 4. The summed E-state index contributed by atoms with van der Waals surface area (Å²) in [5.41, 5.74) is 1.88. The van der Waals surface area contributed by atoms with Gasteiger partial charge in [0.05, 0.1) is 12.3 Å². The van der Waals surface area contributed by atoms with Crippen LogP contribution in [-0.2, 0) is 0 Å². The third-order valence-corrected chi connectivity index (χ3v) is 2.91. The topological polar surface area (TPSA) is 55.2 Å². The van der Waals surface area contributed by atoms with E-state index < -0.39 is 0 Å². The van der Waals surface area contributed by atoms with Crippen molar-refractivity contribution in [1.82, 2.24) is 14.9 Å². The van der Waals surface area contributed by atoms with Crippen molar-refractivity contribution in [2.24, 2.45) is 5.10 Å². The molecule has 0 aliphatic carbocycles. The van der Waals surface area contributed by atoms with Crippen LogP contribution in [0.25, 0.3) is 0 Å². The summed E-state index contributed by atoms with van der Waals surface area (Å²) in [5, 5.41) is 11.2. The summed E-state index contributed by atoms with van der Waals surface area (Å²) in [4.78, 5) is 0. The Kier molecular flexibility index (Phi) is 4.11. The van der Waals surface area contributed by atoms with Gasteiger partial charge in [-0.1, -0.05) is 0 Å². The Bertz CT molecular complexity index is 639. The number of nitrogens with one attached hydrogen (secondary N) is 1. The van der Waals surface area contributed by atoms with Crippen molar-refractivity contribution in [3.63, 3.8) is 0 Å². The Hall–Kier alpha value is -1.95. The zero-order valence-electron chi connectivity index (χ0n) is 11.2. The van der Waals surface area contributed by atoms with Crippen LogP contribution in [0.2, 0.25) is 0 Å². The second kappa shape index (κ2) is 5.79. The van der Waals surface area contributed by atoms with Gasteiger partial charge in [-0.3, -0.25) is 5.10 Å². The maximum atomic E-state index is 5.41. The highest BCUT2D eigenvalue weighted by Gasteiger charge is 2.02. The second-order valence-corrected chi connectivity index (χ2v) is 4.42. The van der Waals surface area contributed by atoms with E-state index in [-0.39, 0.29) is 0 Å². The molecule has 1 aromatic carbocycles. The molecule has 0 bridgehead atoms. The minimum Gasteiger partial charge on any atom is -0.494 e. The fourth-order valence-corrected chi connectivity index (χ4v) is 1.87. The second-order valence-electron chi connectivity index (χ2n) is 4.03. The summed E-state index contributed by atoms with van der Waals surface area (Å²) in [6.45, 7) is 6.41. The first kappa shape index (κ1) is 13.5. The van der Waals surface area contributed by atoms with Crippen molar-refractivity contribution in [2.75, 3.05) is 6.61 Å². The number of rotatable bonds is 4. The van der Waals surface area contributed by atoms with Crippen LogP contribution in [0.4, 0.5) is 0 Å². The third-order valence-electron chi connectivity index (χ3n) is 2.65. The van der Waals surface area contributed by atoms with Crippen molar-refractivity contribution >= 4 is 17.9 Å². The SMILES string of the molecule is CCOc1ccc(/C(C)=N/n2c(C)n[nH]c2=S)cc1. The highest BCUT2D eigenvalue weighted by Crippen LogP contribution is 2.13. The maximum Gasteiger partial charge on any atom is 0.216 e. The maximum absolute atomic E-state index is 5.41. The Morgan fingerprint density at radius 1 is 1.42 bits per heavy atom. The lowest BCUT2D eigenvalue weighted by Crippen LogP contribution is -2.01. The minimum absolute atomic E-state index is 0.489. The van der Waals surface area contributed by atoms with Crippen molar-refractivity contribution in [3.05, 3.63) is 40.4 Å². The molecule has 1 N–H and O–H groups in total. The first-order chi connectivity index (χ1) is 9.11. The zero-order chi connectivity index (χ0) is 13.8. The lowest BCUT2D eigenvalue weighted by molar-refractivity contribution is 0.340. The molecule has 6 heteroatoms. The van der Waals surface area contributed by atoms with Gasteiger partial charge in [-0.15, -0.1) is 0 Å². The average molecular weight is 276 g/mol. The Morgan fingerprint density at radius 3 is 2.63 bits per heavy atom. The van der Waals surface area contributed by atoms with E-state index in [2.05, 4.69) is 15.3 Å². The molecule has 0 radical (unpaired) electrons. The molecular formula is C13H16N4OS. The highest BCUT2D eigenvalue weighted by atomic mass is 32.1. The van der Waals surface area contributed by atoms with Gasteiger partial charge in [-0.25, -0.2) is 0 Å². The number of aryl methyl sites for hydroxylation is 1. The first-order valence-corrected chi connectivity index (χ1v) is 6.45. The van der Waals surface area contributed by atoms with Crippen LogP contribution in [0.5, 0.6) is 5.75 Å². The largest absolute Gasteiger partial charge is 0.494 e. The molecule has 2 aromatic rings. The summed E-state index contributed by atoms with van der Waals surface area (Å²) in [6, 6.07) is 7.81. The molecule has 1 heterocycles. The molecule has 0 atom stereocenters. The molecule has 0 spiro atoms. The number of benzene rings is 1. The number of hydrogen-bond donors (Lipinski definition) is 1. The first-order valence-electron chi connectivity index (χ1n) is 6.04. The van der Waals surface area contributed by atoms with Crippen LogP contribution in [-0.4, -0.2) is 27.2 Å². The lowest BCUT2D eigenvalue weighted by atomic mass is 10.1. The molecule has 0 unspecified atom stereocenters. The minimum atomic E-state index is 0.489. The number of ether oxygens (including phenoxy) is 1. The molecule has 5 nitrogen and oxygen atoms in total. The summed E-state index contributed by atoms with van der Waals surface area (Å²) in [7, 11) is 0. The van der Waals surface area contributed by atoms with Gasteiger partial charge in [0.15, 0.2) is 0 Å². The van der Waals surface area contributed by atoms with Gasteiger partial charge in [0.2, 0.25) is 4.77 Å². The molecule has 0 aliphatic rings. The van der Waals surface area contributed by atoms with E-state index in [1.54, 1.807) is 4.68 Å². The lowest BCUT2D eigenvalue weighted by Gasteiger charge is -2.05. The van der Waals surface area contributed by atoms with Gasteiger partial charge in [0.25, 0.3) is 0 Å². The average Bonchev–Trinajstić information content (AvgIpc) is 2.72. The van der Waals surface area contributed by atoms with Gasteiger partial charge in [0.1, 0.15) is 11.6 Å². The molecule has 100 valence electrons. The van der Waals surface area contributed by atoms with Crippen molar-refractivity contribution < 1.29 is 4.74 Å². The number of aromatic nitrogens is 3. The van der Waals surface area contributed by atoms with Crippen LogP contribution < -0.4 is 4.74 Å². The van der Waals surface area contributed by atoms with E-state index >= 15 is 0 Å². The number of aromatic amines is 1. The Morgan fingerprint density at radius 2 is 2.11 bits per heavy atom. The van der Waals surface area contributed by atoms with Gasteiger partial charge in [0, 0.05) is 0 Å². The van der Waals surface area contributed by atoms with Crippen molar-refractivity contribution in [1.29, 1.82) is 0 Å². The van der Waals surface area contributed by atoms with E-state index in [1.807, 2.05) is 45.0 Å². The summed E-state index contributed by atoms with van der Waals surface area (Å²) < 4.78 is 7.51. The zero-order valence-corrected chi connectivity index (χ0v) is 12.0. The molecule has 1 aromatic heterocycles.